The Labute approximate surface area is 193 Å². The quantitative estimate of drug-likeness (QED) is 0.299. The lowest BCUT2D eigenvalue weighted by Crippen LogP contribution is -2.49. The minimum Gasteiger partial charge on any atom is -0.465 e. The lowest BCUT2D eigenvalue weighted by atomic mass is 9.98. The average Bonchev–Trinajstić information content (AvgIpc) is 3.38. The van der Waals surface area contributed by atoms with Gasteiger partial charge in [-0.2, -0.15) is 0 Å². The second-order valence-electron chi connectivity index (χ2n) is 7.95. The largest absolute Gasteiger partial charge is 0.465 e. The summed E-state index contributed by atoms with van der Waals surface area (Å²) in [6.45, 7) is 0. The molecule has 1 aliphatic carbocycles. The lowest BCUT2D eigenvalue weighted by molar-refractivity contribution is -0.127. The molecule has 0 unspecified atom stereocenters. The van der Waals surface area contributed by atoms with E-state index >= 15 is 0 Å². The highest BCUT2D eigenvalue weighted by molar-refractivity contribution is 5.95. The van der Waals surface area contributed by atoms with Crippen LogP contribution in [0.4, 0.5) is 4.79 Å². The Hall–Kier alpha value is -4.73. The van der Waals surface area contributed by atoms with Gasteiger partial charge in [0.2, 0.25) is 11.8 Å². The maximum absolute atomic E-state index is 13.0. The Morgan fingerprint density at radius 3 is 2.59 bits per heavy atom. The van der Waals surface area contributed by atoms with E-state index < -0.39 is 36.4 Å². The Morgan fingerprint density at radius 1 is 1.06 bits per heavy atom. The summed E-state index contributed by atoms with van der Waals surface area (Å²) in [5.74, 6) is -0.766. The van der Waals surface area contributed by atoms with Gasteiger partial charge in [-0.3, -0.25) is 14.6 Å². The molecule has 2 heterocycles. The minimum atomic E-state index is -1.42. The van der Waals surface area contributed by atoms with Gasteiger partial charge in [0.1, 0.15) is 11.9 Å². The molecule has 34 heavy (non-hydrogen) atoms. The number of amides is 3. The van der Waals surface area contributed by atoms with Crippen molar-refractivity contribution in [3.63, 3.8) is 0 Å². The van der Waals surface area contributed by atoms with Crippen LogP contribution in [0, 0.1) is 0 Å². The first-order chi connectivity index (χ1) is 16.4. The molecule has 2 aromatic heterocycles. The van der Waals surface area contributed by atoms with Gasteiger partial charge in [-0.15, -0.1) is 0 Å². The van der Waals surface area contributed by atoms with Gasteiger partial charge in [0.05, 0.1) is 29.7 Å². The Kier molecular flexibility index (Phi) is 5.17. The molecule has 0 spiro atoms. The van der Waals surface area contributed by atoms with E-state index in [0.717, 1.165) is 38.9 Å². The van der Waals surface area contributed by atoms with Crippen LogP contribution in [0.5, 0.6) is 0 Å². The van der Waals surface area contributed by atoms with Crippen LogP contribution in [0.3, 0.4) is 0 Å². The highest BCUT2D eigenvalue weighted by atomic mass is 16.4. The predicted molar refractivity (Wildman–Crippen MR) is 124 cm³/mol. The second kappa shape index (κ2) is 8.32. The number of imidazole rings is 1. The third-order valence-corrected chi connectivity index (χ3v) is 5.79. The summed E-state index contributed by atoms with van der Waals surface area (Å²) in [6, 6.07) is 13.3. The van der Waals surface area contributed by atoms with E-state index in [2.05, 4.69) is 20.6 Å². The van der Waals surface area contributed by atoms with Gasteiger partial charge in [0.15, 0.2) is 0 Å². The number of hydrogen-bond acceptors (Lipinski definition) is 5. The van der Waals surface area contributed by atoms with Crippen molar-refractivity contribution in [3.8, 4) is 22.5 Å². The van der Waals surface area contributed by atoms with E-state index in [9.17, 15) is 14.4 Å². The molecule has 170 valence electrons. The number of carbonyl (C=O) groups excluding carboxylic acids is 2. The van der Waals surface area contributed by atoms with Crippen molar-refractivity contribution in [3.05, 3.63) is 72.1 Å². The summed E-state index contributed by atoms with van der Waals surface area (Å²) >= 11 is 0. The molecule has 2 atom stereocenters. The topological polar surface area (TPSA) is 163 Å². The molecule has 5 rings (SSSR count). The Balaban J connectivity index is 1.57. The summed E-state index contributed by atoms with van der Waals surface area (Å²) in [5, 5.41) is 14.0. The van der Waals surface area contributed by atoms with Crippen molar-refractivity contribution in [2.75, 3.05) is 0 Å². The minimum absolute atomic E-state index is 0.452. The van der Waals surface area contributed by atoms with Crippen LogP contribution < -0.4 is 16.4 Å². The van der Waals surface area contributed by atoms with Gasteiger partial charge < -0.3 is 26.5 Å². The Bertz CT molecular complexity index is 1400. The Morgan fingerprint density at radius 2 is 1.82 bits per heavy atom. The first-order valence-electron chi connectivity index (χ1n) is 10.5. The predicted octanol–water partition coefficient (Wildman–Crippen LogP) is 2.32. The number of hydrogen-bond donors (Lipinski definition) is 5. The number of nitrogens with two attached hydrogens (primary N) is 1. The van der Waals surface area contributed by atoms with Gasteiger partial charge in [-0.25, -0.2) is 9.78 Å². The molecule has 0 fully saturated rings. The molecule has 10 nitrogen and oxygen atoms in total. The number of rotatable bonds is 6. The van der Waals surface area contributed by atoms with Gasteiger partial charge in [0, 0.05) is 11.8 Å². The number of aromatic amines is 1. The number of pyridine rings is 1. The number of nitrogens with zero attached hydrogens (tertiary/aromatic N) is 2. The zero-order chi connectivity index (χ0) is 23.8. The molecule has 0 aliphatic heterocycles. The third kappa shape index (κ3) is 3.71. The van der Waals surface area contributed by atoms with Gasteiger partial charge >= 0.3 is 6.09 Å². The SMILES string of the molecule is NC(=O)C[C@H](NC(=O)O)C(=O)N[C@@H]1c2ccccc2-c2c(-c3nc4ccncc4[nH]3)cccc21. The maximum atomic E-state index is 13.0. The summed E-state index contributed by atoms with van der Waals surface area (Å²) in [6.07, 6.45) is 1.51. The molecule has 3 amide bonds. The van der Waals surface area contributed by atoms with Crippen molar-refractivity contribution < 1.29 is 19.5 Å². The van der Waals surface area contributed by atoms with E-state index in [1.54, 1.807) is 12.4 Å². The molecule has 0 saturated carbocycles. The first kappa shape index (κ1) is 21.1. The van der Waals surface area contributed by atoms with Crippen LogP contribution in [0.1, 0.15) is 23.6 Å². The zero-order valence-corrected chi connectivity index (χ0v) is 17.8. The first-order valence-corrected chi connectivity index (χ1v) is 10.5. The van der Waals surface area contributed by atoms with Crippen LogP contribution in [-0.2, 0) is 9.59 Å². The second-order valence-corrected chi connectivity index (χ2v) is 7.95. The van der Waals surface area contributed by atoms with Crippen LogP contribution >= 0.6 is 0 Å². The molecule has 4 aromatic rings. The lowest BCUT2D eigenvalue weighted by Gasteiger charge is -2.21. The normalized spacial score (nSPS) is 14.8. The number of aromatic nitrogens is 3. The van der Waals surface area contributed by atoms with E-state index in [0.29, 0.717) is 5.82 Å². The molecule has 0 radical (unpaired) electrons. The van der Waals surface area contributed by atoms with Gasteiger partial charge in [-0.05, 0) is 28.3 Å². The summed E-state index contributed by atoms with van der Waals surface area (Å²) in [5.41, 5.74) is 11.2. The fourth-order valence-electron chi connectivity index (χ4n) is 4.39. The number of carbonyl (C=O) groups is 3. The number of benzene rings is 2. The fraction of sp³-hybridized carbons (Fsp3) is 0.125. The number of fused-ring (bicyclic) bond motifs is 4. The van der Waals surface area contributed by atoms with Crippen LogP contribution in [-0.4, -0.2) is 44.0 Å². The van der Waals surface area contributed by atoms with Crippen molar-refractivity contribution in [1.29, 1.82) is 0 Å². The highest BCUT2D eigenvalue weighted by Crippen LogP contribution is 2.47. The van der Waals surface area contributed by atoms with E-state index in [1.165, 1.54) is 0 Å². The van der Waals surface area contributed by atoms with Gasteiger partial charge in [0.25, 0.3) is 0 Å². The molecular formula is C24H20N6O4. The summed E-state index contributed by atoms with van der Waals surface area (Å²) < 4.78 is 0. The van der Waals surface area contributed by atoms with Crippen LogP contribution in [0.25, 0.3) is 33.5 Å². The monoisotopic (exact) mass is 456 g/mol. The summed E-state index contributed by atoms with van der Waals surface area (Å²) in [4.78, 5) is 47.7. The smallest absolute Gasteiger partial charge is 0.405 e. The summed E-state index contributed by atoms with van der Waals surface area (Å²) in [7, 11) is 0. The molecule has 6 N–H and O–H groups in total. The average molecular weight is 456 g/mol. The van der Waals surface area contributed by atoms with E-state index in [1.807, 2.05) is 48.5 Å². The molecule has 1 aliphatic rings. The molecular weight excluding hydrogens is 436 g/mol. The number of H-pyrrole nitrogens is 1. The number of carboxylic acid groups (broad SMARTS) is 1. The van der Waals surface area contributed by atoms with Crippen molar-refractivity contribution in [2.24, 2.45) is 5.73 Å². The third-order valence-electron chi connectivity index (χ3n) is 5.79. The number of nitrogens with one attached hydrogen (secondary N) is 3. The maximum Gasteiger partial charge on any atom is 0.405 e. The van der Waals surface area contributed by atoms with E-state index in [-0.39, 0.29) is 0 Å². The van der Waals surface area contributed by atoms with Crippen molar-refractivity contribution in [1.82, 2.24) is 25.6 Å². The molecule has 2 aromatic carbocycles. The molecule has 0 bridgehead atoms. The molecule has 0 saturated heterocycles. The number of primary amides is 1. The van der Waals surface area contributed by atoms with Crippen LogP contribution in [0.2, 0.25) is 0 Å². The van der Waals surface area contributed by atoms with E-state index in [4.69, 9.17) is 15.8 Å². The van der Waals surface area contributed by atoms with Crippen LogP contribution in [0.15, 0.2) is 60.9 Å². The van der Waals surface area contributed by atoms with Crippen molar-refractivity contribution in [2.45, 2.75) is 18.5 Å². The zero-order valence-electron chi connectivity index (χ0n) is 17.8. The van der Waals surface area contributed by atoms with Gasteiger partial charge in [-0.1, -0.05) is 42.5 Å². The highest BCUT2D eigenvalue weighted by Gasteiger charge is 2.34. The fourth-order valence-corrected chi connectivity index (χ4v) is 4.39. The molecule has 10 heteroatoms. The van der Waals surface area contributed by atoms with Crippen molar-refractivity contribution >= 4 is 28.9 Å². The standard InChI is InChI=1S/C24H20N6O4/c25-19(31)10-17(29-24(33)34)23(32)30-21-13-5-2-1-4-12(13)20-14(21)6-3-7-15(20)22-27-16-8-9-26-11-18(16)28-22/h1-9,11,17,21,29H,10H2,(H2,25,31)(H,27,28)(H,30,32)(H,33,34)/t17-,21+/m0/s1.